The van der Waals surface area contributed by atoms with Gasteiger partial charge in [-0.15, -0.1) is 11.3 Å². The SMILES string of the molecule is CCOC(C)=O.OCc1nc(-c2ccc(F)cc2)c(-c2nccs2)[nH]1. The van der Waals surface area contributed by atoms with Gasteiger partial charge in [-0.2, -0.15) is 0 Å². The summed E-state index contributed by atoms with van der Waals surface area (Å²) in [5, 5.41) is 11.8. The summed E-state index contributed by atoms with van der Waals surface area (Å²) in [6, 6.07) is 6.08. The van der Waals surface area contributed by atoms with Crippen molar-refractivity contribution in [1.29, 1.82) is 0 Å². The number of aromatic amines is 1. The largest absolute Gasteiger partial charge is 0.466 e. The Morgan fingerprint density at radius 3 is 2.56 bits per heavy atom. The molecule has 3 aromatic rings. The van der Waals surface area contributed by atoms with Crippen LogP contribution in [0.15, 0.2) is 35.8 Å². The molecule has 3 rings (SSSR count). The molecule has 0 fully saturated rings. The van der Waals surface area contributed by atoms with Crippen LogP contribution in [0.5, 0.6) is 0 Å². The van der Waals surface area contributed by atoms with Gasteiger partial charge in [0.1, 0.15) is 29.0 Å². The number of esters is 1. The smallest absolute Gasteiger partial charge is 0.302 e. The number of aliphatic hydroxyl groups is 1. The Labute approximate surface area is 148 Å². The molecule has 0 spiro atoms. The number of halogens is 1. The van der Waals surface area contributed by atoms with Gasteiger partial charge in [0.15, 0.2) is 0 Å². The van der Waals surface area contributed by atoms with Crippen molar-refractivity contribution < 1.29 is 19.0 Å². The molecular weight excluding hydrogens is 345 g/mol. The number of aromatic nitrogens is 3. The second-order valence-electron chi connectivity index (χ2n) is 4.83. The fourth-order valence-electron chi connectivity index (χ4n) is 2.02. The third kappa shape index (κ3) is 5.20. The number of benzene rings is 1. The molecule has 0 aliphatic carbocycles. The molecule has 1 aromatic carbocycles. The van der Waals surface area contributed by atoms with Crippen LogP contribution in [0.3, 0.4) is 0 Å². The molecule has 0 atom stereocenters. The van der Waals surface area contributed by atoms with E-state index in [9.17, 15) is 14.3 Å². The van der Waals surface area contributed by atoms with Gasteiger partial charge < -0.3 is 14.8 Å². The van der Waals surface area contributed by atoms with Crippen LogP contribution < -0.4 is 0 Å². The van der Waals surface area contributed by atoms with Crippen LogP contribution in [0.25, 0.3) is 22.0 Å². The Hall–Kier alpha value is -2.58. The van der Waals surface area contributed by atoms with Crippen molar-refractivity contribution in [3.05, 3.63) is 47.5 Å². The van der Waals surface area contributed by atoms with E-state index in [0.29, 0.717) is 18.1 Å². The summed E-state index contributed by atoms with van der Waals surface area (Å²) < 4.78 is 17.4. The summed E-state index contributed by atoms with van der Waals surface area (Å²) in [5.41, 5.74) is 2.19. The number of H-pyrrole nitrogens is 1. The molecule has 0 unspecified atom stereocenters. The zero-order chi connectivity index (χ0) is 18.2. The van der Waals surface area contributed by atoms with Gasteiger partial charge in [-0.1, -0.05) is 0 Å². The highest BCUT2D eigenvalue weighted by atomic mass is 32.1. The maximum Gasteiger partial charge on any atom is 0.302 e. The maximum absolute atomic E-state index is 13.0. The van der Waals surface area contributed by atoms with Gasteiger partial charge in [0.05, 0.1) is 12.3 Å². The number of aliphatic hydroxyl groups excluding tert-OH is 1. The van der Waals surface area contributed by atoms with Crippen molar-refractivity contribution in [2.75, 3.05) is 6.61 Å². The Morgan fingerprint density at radius 2 is 2.08 bits per heavy atom. The van der Waals surface area contributed by atoms with Crippen molar-refractivity contribution in [1.82, 2.24) is 15.0 Å². The topological polar surface area (TPSA) is 88.1 Å². The van der Waals surface area contributed by atoms with E-state index in [1.807, 2.05) is 5.38 Å². The molecule has 0 saturated carbocycles. The third-order valence-corrected chi connectivity index (χ3v) is 3.80. The minimum atomic E-state index is -0.294. The summed E-state index contributed by atoms with van der Waals surface area (Å²) in [6.07, 6.45) is 1.70. The van der Waals surface area contributed by atoms with Crippen LogP contribution in [-0.2, 0) is 16.1 Å². The average Bonchev–Trinajstić information content (AvgIpc) is 3.25. The van der Waals surface area contributed by atoms with E-state index in [0.717, 1.165) is 16.3 Å². The number of rotatable bonds is 4. The first kappa shape index (κ1) is 18.8. The molecule has 0 bridgehead atoms. The van der Waals surface area contributed by atoms with Gasteiger partial charge in [0, 0.05) is 24.1 Å². The highest BCUT2D eigenvalue weighted by molar-refractivity contribution is 7.13. The van der Waals surface area contributed by atoms with Gasteiger partial charge in [-0.3, -0.25) is 4.79 Å². The van der Waals surface area contributed by atoms with Gasteiger partial charge in [-0.25, -0.2) is 14.4 Å². The molecule has 2 aromatic heterocycles. The first-order valence-corrected chi connectivity index (χ1v) is 8.42. The Kier molecular flexibility index (Phi) is 6.79. The summed E-state index contributed by atoms with van der Waals surface area (Å²) in [5.74, 6) is -0.0421. The Bertz CT molecular complexity index is 801. The van der Waals surface area contributed by atoms with E-state index in [2.05, 4.69) is 19.7 Å². The first-order valence-electron chi connectivity index (χ1n) is 7.54. The number of hydrogen-bond donors (Lipinski definition) is 2. The number of carbonyl (C=O) groups is 1. The van der Waals surface area contributed by atoms with Crippen LogP contribution in [-0.4, -0.2) is 32.6 Å². The molecular formula is C17H18FN3O3S. The number of carbonyl (C=O) groups excluding carboxylic acids is 1. The number of nitrogens with one attached hydrogen (secondary N) is 1. The van der Waals surface area contributed by atoms with Crippen LogP contribution >= 0.6 is 11.3 Å². The van der Waals surface area contributed by atoms with Gasteiger partial charge in [0.2, 0.25) is 0 Å². The number of hydrogen-bond acceptors (Lipinski definition) is 6. The monoisotopic (exact) mass is 363 g/mol. The molecule has 0 aliphatic rings. The molecule has 132 valence electrons. The van der Waals surface area contributed by atoms with E-state index in [1.54, 1.807) is 25.3 Å². The van der Waals surface area contributed by atoms with E-state index in [4.69, 9.17) is 0 Å². The molecule has 25 heavy (non-hydrogen) atoms. The van der Waals surface area contributed by atoms with E-state index in [-0.39, 0.29) is 18.4 Å². The molecule has 6 nitrogen and oxygen atoms in total. The summed E-state index contributed by atoms with van der Waals surface area (Å²) in [4.78, 5) is 21.4. The molecule has 8 heteroatoms. The van der Waals surface area contributed by atoms with Crippen LogP contribution in [0.2, 0.25) is 0 Å². The predicted octanol–water partition coefficient (Wildman–Crippen LogP) is 3.40. The van der Waals surface area contributed by atoms with Crippen molar-refractivity contribution in [3.63, 3.8) is 0 Å². The Morgan fingerprint density at radius 1 is 1.36 bits per heavy atom. The lowest BCUT2D eigenvalue weighted by Crippen LogP contribution is -1.95. The van der Waals surface area contributed by atoms with Crippen molar-refractivity contribution >= 4 is 17.3 Å². The highest BCUT2D eigenvalue weighted by Gasteiger charge is 2.15. The number of nitrogens with zero attached hydrogens (tertiary/aromatic N) is 2. The highest BCUT2D eigenvalue weighted by Crippen LogP contribution is 2.31. The fourth-order valence-corrected chi connectivity index (χ4v) is 2.66. The molecule has 0 saturated heterocycles. The van der Waals surface area contributed by atoms with Gasteiger partial charge in [-0.05, 0) is 31.2 Å². The Balaban J connectivity index is 0.000000326. The molecule has 0 radical (unpaired) electrons. The van der Waals surface area contributed by atoms with E-state index >= 15 is 0 Å². The van der Waals surface area contributed by atoms with Crippen molar-refractivity contribution in [3.8, 4) is 22.0 Å². The molecule has 0 amide bonds. The summed E-state index contributed by atoms with van der Waals surface area (Å²) >= 11 is 1.47. The zero-order valence-corrected chi connectivity index (χ0v) is 14.6. The van der Waals surface area contributed by atoms with E-state index in [1.165, 1.54) is 30.4 Å². The molecule has 2 heterocycles. The maximum atomic E-state index is 13.0. The number of thiazole rings is 1. The lowest BCUT2D eigenvalue weighted by molar-refractivity contribution is -0.140. The fraction of sp³-hybridized carbons (Fsp3) is 0.235. The minimum absolute atomic E-state index is 0.181. The van der Waals surface area contributed by atoms with Crippen LogP contribution in [0, 0.1) is 5.82 Å². The van der Waals surface area contributed by atoms with Gasteiger partial charge in [0.25, 0.3) is 0 Å². The average molecular weight is 363 g/mol. The summed E-state index contributed by atoms with van der Waals surface area (Å²) in [6.45, 7) is 3.47. The van der Waals surface area contributed by atoms with Crippen LogP contribution in [0.4, 0.5) is 4.39 Å². The van der Waals surface area contributed by atoms with Gasteiger partial charge >= 0.3 is 5.97 Å². The molecule has 0 aliphatic heterocycles. The first-order chi connectivity index (χ1) is 12.0. The third-order valence-electron chi connectivity index (χ3n) is 3.01. The van der Waals surface area contributed by atoms with Crippen LogP contribution in [0.1, 0.15) is 19.7 Å². The quantitative estimate of drug-likeness (QED) is 0.694. The standard InChI is InChI=1S/C13H10FN3OS.C4H8O2/c14-9-3-1-8(2-4-9)11-12(13-15-5-6-19-13)17-10(7-18)16-11;1-3-6-4(2)5/h1-6,18H,7H2,(H,16,17);3H2,1-2H3. The number of imidazole rings is 1. The number of ether oxygens (including phenoxy) is 1. The summed E-state index contributed by atoms with van der Waals surface area (Å²) in [7, 11) is 0. The van der Waals surface area contributed by atoms with Crippen molar-refractivity contribution in [2.45, 2.75) is 20.5 Å². The lowest BCUT2D eigenvalue weighted by atomic mass is 10.1. The molecule has 2 N–H and O–H groups in total. The second-order valence-corrected chi connectivity index (χ2v) is 5.73. The zero-order valence-electron chi connectivity index (χ0n) is 13.8. The second kappa shape index (κ2) is 9.05. The lowest BCUT2D eigenvalue weighted by Gasteiger charge is -1.99. The minimum Gasteiger partial charge on any atom is -0.466 e. The normalized spacial score (nSPS) is 10.1. The van der Waals surface area contributed by atoms with E-state index < -0.39 is 0 Å². The van der Waals surface area contributed by atoms with Crippen molar-refractivity contribution in [2.24, 2.45) is 0 Å². The predicted molar refractivity (Wildman–Crippen MR) is 93.3 cm³/mol.